The quantitative estimate of drug-likeness (QED) is 0.318. The first-order chi connectivity index (χ1) is 12.7. The van der Waals surface area contributed by atoms with E-state index in [0.717, 1.165) is 11.5 Å². The van der Waals surface area contributed by atoms with Crippen LogP contribution in [0.5, 0.6) is 11.5 Å². The van der Waals surface area contributed by atoms with Gasteiger partial charge < -0.3 is 0 Å². The predicted molar refractivity (Wildman–Crippen MR) is 118 cm³/mol. The number of hydrogen-bond acceptors (Lipinski definition) is 2. The molecular formula is C24H35ClO2W. The zero-order valence-electron chi connectivity index (χ0n) is 18.4. The molecule has 0 saturated heterocycles. The van der Waals surface area contributed by atoms with Crippen molar-refractivity contribution in [2.45, 2.75) is 79.1 Å². The molecule has 0 bridgehead atoms. The molecule has 0 spiro atoms. The number of benzene rings is 2. The maximum atomic E-state index is 6.41. The van der Waals surface area contributed by atoms with Gasteiger partial charge in [0, 0.05) is 0 Å². The van der Waals surface area contributed by atoms with E-state index in [-0.39, 0.29) is 12.4 Å². The van der Waals surface area contributed by atoms with Gasteiger partial charge in [0.25, 0.3) is 0 Å². The van der Waals surface area contributed by atoms with Gasteiger partial charge in [0.15, 0.2) is 0 Å². The van der Waals surface area contributed by atoms with Gasteiger partial charge in [-0.05, 0) is 0 Å². The normalized spacial score (nSPS) is 11.3. The first-order valence-corrected chi connectivity index (χ1v) is 12.4. The Bertz CT molecular complexity index is 638. The summed E-state index contributed by atoms with van der Waals surface area (Å²) in [5, 5.41) is 0. The molecule has 0 N–H and O–H groups in total. The van der Waals surface area contributed by atoms with Gasteiger partial charge >= 0.3 is 175 Å². The van der Waals surface area contributed by atoms with Crippen molar-refractivity contribution < 1.29 is 26.1 Å². The van der Waals surface area contributed by atoms with E-state index in [0.29, 0.717) is 23.7 Å². The molecule has 0 radical (unpaired) electrons. The van der Waals surface area contributed by atoms with Crippen LogP contribution in [0.2, 0.25) is 0 Å². The summed E-state index contributed by atoms with van der Waals surface area (Å²) < 4.78 is 12.8. The average Bonchev–Trinajstić information content (AvgIpc) is 2.61. The number of halogens is 1. The molecule has 0 amide bonds. The molecule has 2 aromatic rings. The third-order valence-electron chi connectivity index (χ3n) is 4.87. The van der Waals surface area contributed by atoms with Crippen LogP contribution in [-0.4, -0.2) is 0 Å². The molecule has 2 aromatic carbocycles. The largest absolute Gasteiger partial charge is 0.147 e. The Labute approximate surface area is 187 Å². The summed E-state index contributed by atoms with van der Waals surface area (Å²) in [6, 6.07) is 13.0. The van der Waals surface area contributed by atoms with Crippen LogP contribution in [-0.2, 0) is 19.3 Å². The second-order valence-corrected chi connectivity index (χ2v) is 10.1. The van der Waals surface area contributed by atoms with E-state index in [1.807, 2.05) is 0 Å². The monoisotopic (exact) mass is 574 g/mol. The molecule has 0 atom stereocenters. The van der Waals surface area contributed by atoms with Gasteiger partial charge in [-0.15, -0.1) is 12.4 Å². The van der Waals surface area contributed by atoms with Crippen LogP contribution in [0.25, 0.3) is 0 Å². The fraction of sp³-hybridized carbons (Fsp3) is 0.500. The van der Waals surface area contributed by atoms with Gasteiger partial charge in [-0.2, -0.15) is 0 Å². The second-order valence-electron chi connectivity index (χ2n) is 8.38. The second kappa shape index (κ2) is 11.3. The molecule has 0 aliphatic carbocycles. The molecule has 0 aliphatic rings. The van der Waals surface area contributed by atoms with Crippen molar-refractivity contribution in [1.29, 1.82) is 0 Å². The van der Waals surface area contributed by atoms with E-state index in [9.17, 15) is 0 Å². The van der Waals surface area contributed by atoms with Crippen LogP contribution in [0.1, 0.15) is 101 Å². The molecule has 2 rings (SSSR count). The first kappa shape index (κ1) is 25.1. The molecule has 0 heterocycles. The average molecular weight is 575 g/mol. The van der Waals surface area contributed by atoms with Crippen LogP contribution < -0.4 is 6.78 Å². The number of hydrogen-bond donors (Lipinski definition) is 0. The SMILES string of the molecule is CC(C)c1cccc(C(C)C)c1[O][W][O]c1c(C(C)C)cccc1C(C)C.Cl. The molecule has 0 aliphatic heterocycles. The molecule has 28 heavy (non-hydrogen) atoms. The Balaban J connectivity index is 0.00000392. The molecule has 4 heteroatoms. The molecule has 0 aromatic heterocycles. The van der Waals surface area contributed by atoms with Gasteiger partial charge in [0.05, 0.1) is 0 Å². The zero-order valence-corrected chi connectivity index (χ0v) is 22.2. The molecule has 2 nitrogen and oxygen atoms in total. The van der Waals surface area contributed by atoms with Gasteiger partial charge in [0.1, 0.15) is 0 Å². The minimum atomic E-state index is -1.48. The third-order valence-corrected chi connectivity index (χ3v) is 6.56. The summed E-state index contributed by atoms with van der Waals surface area (Å²) in [6.07, 6.45) is 0. The smallest absolute Gasteiger partial charge is 0.147 e. The summed E-state index contributed by atoms with van der Waals surface area (Å²) in [5.74, 6) is 3.86. The van der Waals surface area contributed by atoms with Gasteiger partial charge in [-0.3, -0.25) is 0 Å². The van der Waals surface area contributed by atoms with Crippen LogP contribution in [0, 0.1) is 0 Å². The van der Waals surface area contributed by atoms with E-state index in [2.05, 4.69) is 91.8 Å². The fourth-order valence-corrected chi connectivity index (χ4v) is 5.24. The minimum Gasteiger partial charge on any atom is -0.147 e. The van der Waals surface area contributed by atoms with Crippen molar-refractivity contribution in [3.8, 4) is 11.5 Å². The van der Waals surface area contributed by atoms with Crippen molar-refractivity contribution in [3.63, 3.8) is 0 Å². The molecule has 0 saturated carbocycles. The van der Waals surface area contributed by atoms with Crippen molar-refractivity contribution in [2.24, 2.45) is 0 Å². The van der Waals surface area contributed by atoms with E-state index >= 15 is 0 Å². The molecule has 0 fully saturated rings. The van der Waals surface area contributed by atoms with Crippen molar-refractivity contribution >= 4 is 12.4 Å². The van der Waals surface area contributed by atoms with Crippen molar-refractivity contribution in [3.05, 3.63) is 58.7 Å². The minimum absolute atomic E-state index is 0. The number of rotatable bonds is 8. The van der Waals surface area contributed by atoms with Gasteiger partial charge in [-0.1, -0.05) is 0 Å². The van der Waals surface area contributed by atoms with E-state index in [4.69, 9.17) is 6.78 Å². The first-order valence-electron chi connectivity index (χ1n) is 10.0. The van der Waals surface area contributed by atoms with E-state index < -0.39 is 19.3 Å². The van der Waals surface area contributed by atoms with Crippen LogP contribution in [0.4, 0.5) is 0 Å². The molecule has 0 unspecified atom stereocenters. The van der Waals surface area contributed by atoms with Crippen molar-refractivity contribution in [2.75, 3.05) is 0 Å². The molecular weight excluding hydrogens is 540 g/mol. The number of para-hydroxylation sites is 2. The van der Waals surface area contributed by atoms with Gasteiger partial charge in [-0.25, -0.2) is 0 Å². The Morgan fingerprint density at radius 1 is 0.536 bits per heavy atom. The Morgan fingerprint density at radius 3 is 1.00 bits per heavy atom. The maximum Gasteiger partial charge on any atom is -0.147 e. The molecule has 156 valence electrons. The zero-order chi connectivity index (χ0) is 20.1. The Morgan fingerprint density at radius 2 is 0.786 bits per heavy atom. The van der Waals surface area contributed by atoms with Crippen LogP contribution in [0.15, 0.2) is 36.4 Å². The van der Waals surface area contributed by atoms with Crippen molar-refractivity contribution in [1.82, 2.24) is 0 Å². The van der Waals surface area contributed by atoms with E-state index in [1.165, 1.54) is 22.3 Å². The predicted octanol–water partition coefficient (Wildman–Crippen LogP) is 7.97. The summed E-state index contributed by atoms with van der Waals surface area (Å²) in [7, 11) is 0. The topological polar surface area (TPSA) is 18.5 Å². The summed E-state index contributed by atoms with van der Waals surface area (Å²) >= 11 is -1.48. The standard InChI is InChI=1S/2C12H18O.ClH.W/c2*1-8(2)10-6-5-7-11(9(3)4)12(10)13;;/h2*5-9,13H,1-4H3;1H;/q;;;+2/p-2. The van der Waals surface area contributed by atoms with Gasteiger partial charge in [0.2, 0.25) is 0 Å². The summed E-state index contributed by atoms with van der Waals surface area (Å²) in [4.78, 5) is 0. The third kappa shape index (κ3) is 6.01. The van der Waals surface area contributed by atoms with E-state index in [1.54, 1.807) is 0 Å². The fourth-order valence-electron chi connectivity index (χ4n) is 3.24. The van der Waals surface area contributed by atoms with Crippen LogP contribution >= 0.6 is 12.4 Å². The Kier molecular flexibility index (Phi) is 10.1. The van der Waals surface area contributed by atoms with Crippen LogP contribution in [0.3, 0.4) is 0 Å². The maximum absolute atomic E-state index is 6.41. The summed E-state index contributed by atoms with van der Waals surface area (Å²) in [5.41, 5.74) is 5.13. The summed E-state index contributed by atoms with van der Waals surface area (Å²) in [6.45, 7) is 17.8. The Hall–Kier alpha value is -0.982.